The van der Waals surface area contributed by atoms with Gasteiger partial charge in [0.25, 0.3) is 0 Å². The molecule has 1 aromatic heterocycles. The molecule has 3 heterocycles. The summed E-state index contributed by atoms with van der Waals surface area (Å²) in [5.74, 6) is 0. The summed E-state index contributed by atoms with van der Waals surface area (Å²) in [6.07, 6.45) is 4.19. The molecule has 2 fully saturated rings. The molecule has 0 bridgehead atoms. The maximum absolute atomic E-state index is 6.02. The smallest absolute Gasteiger partial charge is 0.0931 e. The number of nitrogens with zero attached hydrogens (tertiary/aromatic N) is 2. The molecule has 0 spiro atoms. The van der Waals surface area contributed by atoms with E-state index in [0.29, 0.717) is 6.04 Å². The lowest BCUT2D eigenvalue weighted by Gasteiger charge is -2.47. The van der Waals surface area contributed by atoms with E-state index in [-0.39, 0.29) is 0 Å². The number of piperidine rings is 1. The van der Waals surface area contributed by atoms with Crippen LogP contribution in [0.2, 0.25) is 4.34 Å². The van der Waals surface area contributed by atoms with Crippen molar-refractivity contribution in [3.63, 3.8) is 0 Å². The first-order valence-corrected chi connectivity index (χ1v) is 8.14. The standard InChI is InChI=1S/C14H21ClN2S/c1-11-8-16-7-3-2-4-12(16)9-17(11)10-13-5-6-14(15)18-13/h5-6,11-12H,2-4,7-10H2,1H3. The Balaban J connectivity index is 1.65. The fourth-order valence-corrected chi connectivity index (χ4v) is 4.38. The molecule has 0 aromatic carbocycles. The first-order valence-electron chi connectivity index (χ1n) is 6.94. The lowest BCUT2D eigenvalue weighted by Crippen LogP contribution is -2.58. The van der Waals surface area contributed by atoms with Crippen molar-refractivity contribution in [1.29, 1.82) is 0 Å². The number of piperazine rings is 1. The van der Waals surface area contributed by atoms with Crippen LogP contribution in [0.5, 0.6) is 0 Å². The van der Waals surface area contributed by atoms with Crippen molar-refractivity contribution in [2.24, 2.45) is 0 Å². The Bertz CT molecular complexity index is 406. The van der Waals surface area contributed by atoms with Gasteiger partial charge in [-0.15, -0.1) is 11.3 Å². The molecule has 2 aliphatic rings. The zero-order valence-electron chi connectivity index (χ0n) is 10.9. The van der Waals surface area contributed by atoms with Gasteiger partial charge in [0.2, 0.25) is 0 Å². The van der Waals surface area contributed by atoms with Crippen LogP contribution in [0.25, 0.3) is 0 Å². The number of thiophene rings is 1. The lowest BCUT2D eigenvalue weighted by molar-refractivity contribution is 0.0116. The monoisotopic (exact) mass is 284 g/mol. The molecule has 2 saturated heterocycles. The second-order valence-electron chi connectivity index (χ2n) is 5.63. The Morgan fingerprint density at radius 2 is 2.22 bits per heavy atom. The van der Waals surface area contributed by atoms with E-state index in [2.05, 4.69) is 22.8 Å². The minimum atomic E-state index is 0.667. The average molecular weight is 285 g/mol. The lowest BCUT2D eigenvalue weighted by atomic mass is 9.97. The number of halogens is 1. The van der Waals surface area contributed by atoms with E-state index in [9.17, 15) is 0 Å². The molecule has 2 atom stereocenters. The summed E-state index contributed by atoms with van der Waals surface area (Å²) >= 11 is 7.74. The Hall–Kier alpha value is -0.0900. The van der Waals surface area contributed by atoms with Crippen LogP contribution in [-0.4, -0.2) is 41.5 Å². The van der Waals surface area contributed by atoms with Gasteiger partial charge in [-0.1, -0.05) is 18.0 Å². The molecule has 2 unspecified atom stereocenters. The quantitative estimate of drug-likeness (QED) is 0.821. The Labute approximate surface area is 119 Å². The van der Waals surface area contributed by atoms with Crippen molar-refractivity contribution in [1.82, 2.24) is 9.80 Å². The molecule has 0 aliphatic carbocycles. The van der Waals surface area contributed by atoms with Gasteiger partial charge in [0, 0.05) is 36.6 Å². The van der Waals surface area contributed by atoms with Crippen molar-refractivity contribution in [2.45, 2.75) is 44.8 Å². The highest BCUT2D eigenvalue weighted by Crippen LogP contribution is 2.28. The molecule has 0 saturated carbocycles. The van der Waals surface area contributed by atoms with Crippen molar-refractivity contribution in [3.05, 3.63) is 21.3 Å². The molecule has 4 heteroatoms. The topological polar surface area (TPSA) is 6.48 Å². The molecule has 0 amide bonds. The molecule has 0 N–H and O–H groups in total. The zero-order chi connectivity index (χ0) is 12.5. The van der Waals surface area contributed by atoms with Gasteiger partial charge in [0.05, 0.1) is 4.34 Å². The third kappa shape index (κ3) is 2.74. The number of hydrogen-bond acceptors (Lipinski definition) is 3. The second-order valence-corrected chi connectivity index (χ2v) is 7.43. The van der Waals surface area contributed by atoms with E-state index in [0.717, 1.165) is 16.9 Å². The van der Waals surface area contributed by atoms with Gasteiger partial charge in [-0.05, 0) is 38.4 Å². The van der Waals surface area contributed by atoms with E-state index in [1.54, 1.807) is 11.3 Å². The van der Waals surface area contributed by atoms with Crippen molar-refractivity contribution in [2.75, 3.05) is 19.6 Å². The Kier molecular flexibility index (Phi) is 3.94. The van der Waals surface area contributed by atoms with E-state index in [1.165, 1.54) is 43.8 Å². The van der Waals surface area contributed by atoms with Crippen LogP contribution in [0, 0.1) is 0 Å². The second kappa shape index (κ2) is 5.49. The Morgan fingerprint density at radius 3 is 3.00 bits per heavy atom. The van der Waals surface area contributed by atoms with Crippen molar-refractivity contribution < 1.29 is 0 Å². The molecule has 18 heavy (non-hydrogen) atoms. The van der Waals surface area contributed by atoms with Crippen LogP contribution in [0.3, 0.4) is 0 Å². The van der Waals surface area contributed by atoms with Gasteiger partial charge in [-0.2, -0.15) is 0 Å². The van der Waals surface area contributed by atoms with Gasteiger partial charge in [0.1, 0.15) is 0 Å². The van der Waals surface area contributed by atoms with Gasteiger partial charge < -0.3 is 0 Å². The van der Waals surface area contributed by atoms with Crippen LogP contribution in [0.1, 0.15) is 31.1 Å². The number of hydrogen-bond donors (Lipinski definition) is 0. The predicted octanol–water partition coefficient (Wildman–Crippen LogP) is 3.46. The predicted molar refractivity (Wildman–Crippen MR) is 78.4 cm³/mol. The van der Waals surface area contributed by atoms with Crippen LogP contribution < -0.4 is 0 Å². The van der Waals surface area contributed by atoms with Crippen LogP contribution in [-0.2, 0) is 6.54 Å². The summed E-state index contributed by atoms with van der Waals surface area (Å²) < 4.78 is 0.911. The van der Waals surface area contributed by atoms with Gasteiger partial charge >= 0.3 is 0 Å². The van der Waals surface area contributed by atoms with Crippen molar-refractivity contribution >= 4 is 22.9 Å². The minimum Gasteiger partial charge on any atom is -0.298 e. The summed E-state index contributed by atoms with van der Waals surface area (Å²) in [7, 11) is 0. The van der Waals surface area contributed by atoms with E-state index in [4.69, 9.17) is 11.6 Å². The first kappa shape index (κ1) is 12.9. The van der Waals surface area contributed by atoms with E-state index >= 15 is 0 Å². The van der Waals surface area contributed by atoms with Gasteiger partial charge in [0.15, 0.2) is 0 Å². The van der Waals surface area contributed by atoms with Crippen LogP contribution in [0.15, 0.2) is 12.1 Å². The third-order valence-electron chi connectivity index (χ3n) is 4.30. The average Bonchev–Trinajstić information content (AvgIpc) is 2.76. The SMILES string of the molecule is CC1CN2CCCCC2CN1Cc1ccc(Cl)s1. The number of fused-ring (bicyclic) bond motifs is 1. The van der Waals surface area contributed by atoms with Crippen LogP contribution in [0.4, 0.5) is 0 Å². The molecule has 3 rings (SSSR count). The third-order valence-corrected chi connectivity index (χ3v) is 5.52. The summed E-state index contributed by atoms with van der Waals surface area (Å²) in [6, 6.07) is 5.65. The van der Waals surface area contributed by atoms with Crippen LogP contribution >= 0.6 is 22.9 Å². The van der Waals surface area contributed by atoms with Gasteiger partial charge in [-0.3, -0.25) is 9.80 Å². The highest BCUT2D eigenvalue weighted by atomic mass is 35.5. The summed E-state index contributed by atoms with van der Waals surface area (Å²) in [4.78, 5) is 6.73. The van der Waals surface area contributed by atoms with Crippen molar-refractivity contribution in [3.8, 4) is 0 Å². The summed E-state index contributed by atoms with van der Waals surface area (Å²) in [5, 5.41) is 0. The first-order chi connectivity index (χ1) is 8.72. The zero-order valence-corrected chi connectivity index (χ0v) is 12.5. The number of rotatable bonds is 2. The van der Waals surface area contributed by atoms with E-state index in [1.807, 2.05) is 6.07 Å². The molecular formula is C14H21ClN2S. The highest BCUT2D eigenvalue weighted by Gasteiger charge is 2.32. The fraction of sp³-hybridized carbons (Fsp3) is 0.714. The molecule has 1 aromatic rings. The largest absolute Gasteiger partial charge is 0.298 e. The summed E-state index contributed by atoms with van der Waals surface area (Å²) in [5.41, 5.74) is 0. The maximum Gasteiger partial charge on any atom is 0.0931 e. The Morgan fingerprint density at radius 1 is 1.33 bits per heavy atom. The molecule has 100 valence electrons. The molecule has 0 radical (unpaired) electrons. The minimum absolute atomic E-state index is 0.667. The molecule has 2 aliphatic heterocycles. The maximum atomic E-state index is 6.02. The highest BCUT2D eigenvalue weighted by molar-refractivity contribution is 7.16. The fourth-order valence-electron chi connectivity index (χ4n) is 3.27. The molecule has 2 nitrogen and oxygen atoms in total. The van der Waals surface area contributed by atoms with E-state index < -0.39 is 0 Å². The summed E-state index contributed by atoms with van der Waals surface area (Å²) in [6.45, 7) is 7.22. The normalized spacial score (nSPS) is 30.3. The van der Waals surface area contributed by atoms with Gasteiger partial charge in [-0.25, -0.2) is 0 Å². The molecular weight excluding hydrogens is 264 g/mol.